The minimum absolute atomic E-state index is 0.106. The van der Waals surface area contributed by atoms with Crippen LogP contribution in [0.25, 0.3) is 0 Å². The average Bonchev–Trinajstić information content (AvgIpc) is 2.55. The van der Waals surface area contributed by atoms with Crippen LogP contribution >= 0.6 is 11.8 Å². The fourth-order valence-corrected chi connectivity index (χ4v) is 3.37. The highest BCUT2D eigenvalue weighted by atomic mass is 32.2. The molecule has 2 rings (SSSR count). The first kappa shape index (κ1) is 16.4. The number of carboxylic acids is 1. The van der Waals surface area contributed by atoms with Gasteiger partial charge in [0.2, 0.25) is 5.91 Å². The summed E-state index contributed by atoms with van der Waals surface area (Å²) in [5.74, 6) is -0.0665. The van der Waals surface area contributed by atoms with Gasteiger partial charge in [0.25, 0.3) is 0 Å². The zero-order valence-electron chi connectivity index (χ0n) is 12.2. The lowest BCUT2D eigenvalue weighted by atomic mass is 10.0. The molecule has 116 valence electrons. The largest absolute Gasteiger partial charge is 0.480 e. The van der Waals surface area contributed by atoms with E-state index in [1.807, 2.05) is 12.1 Å². The van der Waals surface area contributed by atoms with Crippen LogP contribution in [0.15, 0.2) is 24.3 Å². The third-order valence-corrected chi connectivity index (χ3v) is 4.67. The number of carbonyl (C=O) groups is 2. The van der Waals surface area contributed by atoms with Gasteiger partial charge in [-0.25, -0.2) is 4.79 Å². The molecule has 1 fully saturated rings. The first-order chi connectivity index (χ1) is 10.6. The Morgan fingerprint density at radius 2 is 2.05 bits per heavy atom. The molecule has 5 nitrogen and oxygen atoms in total. The predicted octanol–water partition coefficient (Wildman–Crippen LogP) is 2.26. The molecule has 0 bridgehead atoms. The smallest absolute Gasteiger partial charge is 0.326 e. The molecule has 1 N–H and O–H groups in total. The molecule has 6 heteroatoms. The summed E-state index contributed by atoms with van der Waals surface area (Å²) in [5.41, 5.74) is 1.66. The number of thioether (sulfide) groups is 1. The van der Waals surface area contributed by atoms with E-state index in [1.54, 1.807) is 12.1 Å². The Morgan fingerprint density at radius 3 is 2.68 bits per heavy atom. The fourth-order valence-electron chi connectivity index (χ4n) is 2.50. The zero-order valence-corrected chi connectivity index (χ0v) is 13.0. The molecule has 0 spiro atoms. The molecule has 1 aromatic carbocycles. The molecule has 22 heavy (non-hydrogen) atoms. The molecule has 1 aromatic rings. The molecule has 0 unspecified atom stereocenters. The number of amides is 1. The van der Waals surface area contributed by atoms with Crippen molar-refractivity contribution in [2.24, 2.45) is 0 Å². The van der Waals surface area contributed by atoms with Gasteiger partial charge in [0.1, 0.15) is 6.04 Å². The lowest BCUT2D eigenvalue weighted by molar-refractivity contribution is -0.150. The first-order valence-electron chi connectivity index (χ1n) is 7.21. The highest BCUT2D eigenvalue weighted by Gasteiger charge is 2.31. The summed E-state index contributed by atoms with van der Waals surface area (Å²) < 4.78 is 0. The molecule has 1 aliphatic rings. The van der Waals surface area contributed by atoms with E-state index < -0.39 is 12.0 Å². The van der Waals surface area contributed by atoms with E-state index in [2.05, 4.69) is 6.07 Å². The number of benzene rings is 1. The van der Waals surface area contributed by atoms with Crippen LogP contribution in [0, 0.1) is 11.3 Å². The van der Waals surface area contributed by atoms with Crippen molar-refractivity contribution in [2.45, 2.75) is 31.1 Å². The number of likely N-dealkylation sites (tertiary alicyclic amines) is 1. The number of aliphatic carboxylic acids is 1. The van der Waals surface area contributed by atoms with Crippen LogP contribution in [0.3, 0.4) is 0 Å². The highest BCUT2D eigenvalue weighted by Crippen LogP contribution is 2.20. The number of carboxylic acid groups (broad SMARTS) is 1. The molecule has 1 aliphatic heterocycles. The van der Waals surface area contributed by atoms with Crippen LogP contribution < -0.4 is 0 Å². The van der Waals surface area contributed by atoms with Crippen molar-refractivity contribution >= 4 is 23.6 Å². The van der Waals surface area contributed by atoms with E-state index in [9.17, 15) is 14.7 Å². The summed E-state index contributed by atoms with van der Waals surface area (Å²) in [5, 5.41) is 17.9. The molecule has 1 heterocycles. The van der Waals surface area contributed by atoms with Crippen molar-refractivity contribution in [3.63, 3.8) is 0 Å². The van der Waals surface area contributed by atoms with E-state index in [0.29, 0.717) is 24.3 Å². The number of carbonyl (C=O) groups excluding carboxylic acids is 1. The van der Waals surface area contributed by atoms with Crippen molar-refractivity contribution in [1.82, 2.24) is 4.90 Å². The number of nitrogens with zero attached hydrogens (tertiary/aromatic N) is 2. The monoisotopic (exact) mass is 318 g/mol. The normalized spacial score (nSPS) is 17.8. The fraction of sp³-hybridized carbons (Fsp3) is 0.438. The van der Waals surface area contributed by atoms with Gasteiger partial charge in [0.15, 0.2) is 0 Å². The Labute approximate surface area is 133 Å². The van der Waals surface area contributed by atoms with Gasteiger partial charge < -0.3 is 10.0 Å². The van der Waals surface area contributed by atoms with Crippen molar-refractivity contribution in [1.29, 1.82) is 5.26 Å². The molecule has 1 amide bonds. The molecule has 1 atom stereocenters. The molecule has 0 saturated carbocycles. The Balaban J connectivity index is 1.83. The van der Waals surface area contributed by atoms with Gasteiger partial charge in [-0.15, -0.1) is 11.8 Å². The number of rotatable bonds is 5. The van der Waals surface area contributed by atoms with E-state index >= 15 is 0 Å². The third kappa shape index (κ3) is 4.25. The van der Waals surface area contributed by atoms with Gasteiger partial charge in [-0.2, -0.15) is 5.26 Å². The van der Waals surface area contributed by atoms with Gasteiger partial charge in [-0.1, -0.05) is 12.1 Å². The minimum atomic E-state index is -0.912. The van der Waals surface area contributed by atoms with Gasteiger partial charge in [-0.3, -0.25) is 4.79 Å². The lowest BCUT2D eigenvalue weighted by Gasteiger charge is -2.32. The Bertz CT molecular complexity index is 580. The number of piperidine rings is 1. The van der Waals surface area contributed by atoms with Crippen molar-refractivity contribution in [3.8, 4) is 6.07 Å². The second-order valence-corrected chi connectivity index (χ2v) is 6.22. The zero-order chi connectivity index (χ0) is 15.9. The third-order valence-electron chi connectivity index (χ3n) is 3.69. The minimum Gasteiger partial charge on any atom is -0.480 e. The molecule has 0 radical (unpaired) electrons. The maximum absolute atomic E-state index is 12.2. The van der Waals surface area contributed by atoms with Gasteiger partial charge in [-0.05, 0) is 37.0 Å². The van der Waals surface area contributed by atoms with Gasteiger partial charge in [0.05, 0.1) is 17.4 Å². The molecule has 0 aliphatic carbocycles. The highest BCUT2D eigenvalue weighted by molar-refractivity contribution is 7.99. The quantitative estimate of drug-likeness (QED) is 0.900. The van der Waals surface area contributed by atoms with Crippen LogP contribution in [0.2, 0.25) is 0 Å². The predicted molar refractivity (Wildman–Crippen MR) is 84.3 cm³/mol. The molecular formula is C16H18N2O3S. The van der Waals surface area contributed by atoms with Crippen LogP contribution in [0.4, 0.5) is 0 Å². The molecule has 1 saturated heterocycles. The first-order valence-corrected chi connectivity index (χ1v) is 8.36. The van der Waals surface area contributed by atoms with E-state index in [1.165, 1.54) is 16.7 Å². The van der Waals surface area contributed by atoms with Crippen LogP contribution in [0.5, 0.6) is 0 Å². The summed E-state index contributed by atoms with van der Waals surface area (Å²) in [4.78, 5) is 24.9. The number of hydrogen-bond donors (Lipinski definition) is 1. The van der Waals surface area contributed by atoms with E-state index in [0.717, 1.165) is 18.4 Å². The lowest BCUT2D eigenvalue weighted by Crippen LogP contribution is -2.48. The Morgan fingerprint density at radius 1 is 1.32 bits per heavy atom. The maximum Gasteiger partial charge on any atom is 0.326 e. The second-order valence-electron chi connectivity index (χ2n) is 5.24. The Hall–Kier alpha value is -2.00. The van der Waals surface area contributed by atoms with Crippen molar-refractivity contribution in [2.75, 3.05) is 12.3 Å². The average molecular weight is 318 g/mol. The maximum atomic E-state index is 12.2. The van der Waals surface area contributed by atoms with E-state index in [-0.39, 0.29) is 11.7 Å². The topological polar surface area (TPSA) is 81.4 Å². The number of hydrogen-bond acceptors (Lipinski definition) is 4. The SMILES string of the molecule is N#Cc1ccc(CSCC(=O)N2CCCC[C@@H]2C(=O)O)cc1. The Kier molecular flexibility index (Phi) is 5.84. The van der Waals surface area contributed by atoms with Crippen molar-refractivity contribution < 1.29 is 14.7 Å². The standard InChI is InChI=1S/C16H18N2O3S/c17-9-12-4-6-13(7-5-12)10-22-11-15(19)18-8-2-1-3-14(18)16(20)21/h4-7,14H,1-3,8,10-11H2,(H,20,21)/t14-/m1/s1. The molecule has 0 aromatic heterocycles. The van der Waals surface area contributed by atoms with Gasteiger partial charge >= 0.3 is 5.97 Å². The van der Waals surface area contributed by atoms with Crippen molar-refractivity contribution in [3.05, 3.63) is 35.4 Å². The second kappa shape index (κ2) is 7.85. The number of nitriles is 1. The summed E-state index contributed by atoms with van der Waals surface area (Å²) in [6.45, 7) is 0.535. The summed E-state index contributed by atoms with van der Waals surface area (Å²) in [6, 6.07) is 8.64. The van der Waals surface area contributed by atoms with E-state index in [4.69, 9.17) is 5.26 Å². The molecular weight excluding hydrogens is 300 g/mol. The van der Waals surface area contributed by atoms with Crippen LogP contribution in [0.1, 0.15) is 30.4 Å². The summed E-state index contributed by atoms with van der Waals surface area (Å²) >= 11 is 1.47. The van der Waals surface area contributed by atoms with Crippen LogP contribution in [-0.4, -0.2) is 40.2 Å². The van der Waals surface area contributed by atoms with Crippen LogP contribution in [-0.2, 0) is 15.3 Å². The summed E-state index contributed by atoms with van der Waals surface area (Å²) in [7, 11) is 0. The summed E-state index contributed by atoms with van der Waals surface area (Å²) in [6.07, 6.45) is 2.27. The van der Waals surface area contributed by atoms with Gasteiger partial charge in [0, 0.05) is 12.3 Å².